The fourth-order valence-electron chi connectivity index (χ4n) is 3.40. The van der Waals surface area contributed by atoms with Gasteiger partial charge in [-0.1, -0.05) is 42.5 Å². The van der Waals surface area contributed by atoms with Gasteiger partial charge in [0.2, 0.25) is 0 Å². The summed E-state index contributed by atoms with van der Waals surface area (Å²) < 4.78 is 5.85. The molecular weight excluding hydrogens is 284 g/mol. The number of ether oxygens (including phenoxy) is 1. The van der Waals surface area contributed by atoms with Gasteiger partial charge < -0.3 is 15.8 Å². The fourth-order valence-corrected chi connectivity index (χ4v) is 3.40. The summed E-state index contributed by atoms with van der Waals surface area (Å²) in [7, 11) is 0. The molecule has 2 aliphatic rings. The SMILES string of the molecule is NC1CC(N[C@H]2CC2c2ccc(OCc3ccccc3)cc2)C1. The molecule has 3 N–H and O–H groups in total. The number of hydrogen-bond acceptors (Lipinski definition) is 3. The second kappa shape index (κ2) is 6.34. The molecule has 0 aliphatic heterocycles. The summed E-state index contributed by atoms with van der Waals surface area (Å²) in [6.07, 6.45) is 3.51. The zero-order chi connectivity index (χ0) is 15.6. The molecule has 2 atom stereocenters. The van der Waals surface area contributed by atoms with Crippen LogP contribution in [0.25, 0.3) is 0 Å². The largest absolute Gasteiger partial charge is 0.489 e. The monoisotopic (exact) mass is 308 g/mol. The third-order valence-corrected chi connectivity index (χ3v) is 4.97. The molecule has 0 saturated heterocycles. The van der Waals surface area contributed by atoms with Crippen LogP contribution in [-0.2, 0) is 6.61 Å². The Balaban J connectivity index is 1.27. The third-order valence-electron chi connectivity index (χ3n) is 4.97. The molecule has 0 amide bonds. The lowest BCUT2D eigenvalue weighted by Crippen LogP contribution is -2.49. The Bertz CT molecular complexity index is 634. The van der Waals surface area contributed by atoms with E-state index in [1.807, 2.05) is 18.2 Å². The van der Waals surface area contributed by atoms with E-state index in [1.165, 1.54) is 17.5 Å². The van der Waals surface area contributed by atoms with Crippen LogP contribution in [0.1, 0.15) is 36.3 Å². The highest BCUT2D eigenvalue weighted by Crippen LogP contribution is 2.42. The molecule has 3 nitrogen and oxygen atoms in total. The van der Waals surface area contributed by atoms with Crippen molar-refractivity contribution in [2.75, 3.05) is 0 Å². The van der Waals surface area contributed by atoms with Crippen LogP contribution in [0.15, 0.2) is 54.6 Å². The summed E-state index contributed by atoms with van der Waals surface area (Å²) in [5, 5.41) is 3.72. The summed E-state index contributed by atoms with van der Waals surface area (Å²) in [6, 6.07) is 20.6. The highest BCUT2D eigenvalue weighted by atomic mass is 16.5. The predicted octanol–water partition coefficient (Wildman–Crippen LogP) is 3.20. The summed E-state index contributed by atoms with van der Waals surface area (Å²) in [5.74, 6) is 1.60. The maximum Gasteiger partial charge on any atom is 0.119 e. The van der Waals surface area contributed by atoms with Gasteiger partial charge in [0, 0.05) is 24.0 Å². The Kier molecular flexibility index (Phi) is 4.06. The quantitative estimate of drug-likeness (QED) is 0.861. The van der Waals surface area contributed by atoms with Crippen molar-refractivity contribution < 1.29 is 4.74 Å². The summed E-state index contributed by atoms with van der Waals surface area (Å²) >= 11 is 0. The molecule has 2 aliphatic carbocycles. The van der Waals surface area contributed by atoms with Gasteiger partial charge in [0.25, 0.3) is 0 Å². The fraction of sp³-hybridized carbons (Fsp3) is 0.400. The molecule has 120 valence electrons. The number of rotatable bonds is 6. The second-order valence-electron chi connectivity index (χ2n) is 6.89. The van der Waals surface area contributed by atoms with Gasteiger partial charge in [-0.15, -0.1) is 0 Å². The Hall–Kier alpha value is -1.84. The predicted molar refractivity (Wildman–Crippen MR) is 92.5 cm³/mol. The van der Waals surface area contributed by atoms with Gasteiger partial charge in [0.1, 0.15) is 12.4 Å². The molecule has 23 heavy (non-hydrogen) atoms. The van der Waals surface area contributed by atoms with E-state index >= 15 is 0 Å². The van der Waals surface area contributed by atoms with Crippen molar-refractivity contribution in [2.24, 2.45) is 5.73 Å². The van der Waals surface area contributed by atoms with Gasteiger partial charge >= 0.3 is 0 Å². The van der Waals surface area contributed by atoms with Crippen molar-refractivity contribution in [3.63, 3.8) is 0 Å². The Labute approximate surface area is 137 Å². The van der Waals surface area contributed by atoms with Gasteiger partial charge in [-0.25, -0.2) is 0 Å². The first kappa shape index (κ1) is 14.7. The molecule has 0 radical (unpaired) electrons. The van der Waals surface area contributed by atoms with Crippen LogP contribution in [-0.4, -0.2) is 18.1 Å². The van der Waals surface area contributed by atoms with E-state index in [9.17, 15) is 0 Å². The van der Waals surface area contributed by atoms with Crippen molar-refractivity contribution in [3.05, 3.63) is 65.7 Å². The lowest BCUT2D eigenvalue weighted by Gasteiger charge is -2.33. The first-order valence-electron chi connectivity index (χ1n) is 8.56. The van der Waals surface area contributed by atoms with Crippen molar-refractivity contribution in [1.29, 1.82) is 0 Å². The Morgan fingerprint density at radius 3 is 2.39 bits per heavy atom. The van der Waals surface area contributed by atoms with Crippen LogP contribution in [0.3, 0.4) is 0 Å². The molecule has 0 heterocycles. The highest BCUT2D eigenvalue weighted by Gasteiger charge is 2.41. The van der Waals surface area contributed by atoms with Gasteiger partial charge in [-0.2, -0.15) is 0 Å². The molecule has 0 bridgehead atoms. The second-order valence-corrected chi connectivity index (χ2v) is 6.89. The normalized spacial score (nSPS) is 28.9. The molecular formula is C20H24N2O. The van der Waals surface area contributed by atoms with Gasteiger partial charge in [0.15, 0.2) is 0 Å². The van der Waals surface area contributed by atoms with Gasteiger partial charge in [-0.05, 0) is 42.5 Å². The minimum Gasteiger partial charge on any atom is -0.489 e. The van der Waals surface area contributed by atoms with E-state index in [0.29, 0.717) is 30.7 Å². The average Bonchev–Trinajstić information content (AvgIpc) is 3.32. The first-order chi connectivity index (χ1) is 11.3. The van der Waals surface area contributed by atoms with Crippen LogP contribution in [0.5, 0.6) is 5.75 Å². The van der Waals surface area contributed by atoms with E-state index in [0.717, 1.165) is 18.6 Å². The van der Waals surface area contributed by atoms with Crippen LogP contribution in [0, 0.1) is 0 Å². The van der Waals surface area contributed by atoms with Gasteiger partial charge in [-0.3, -0.25) is 0 Å². The number of nitrogens with one attached hydrogen (secondary N) is 1. The molecule has 2 fully saturated rings. The first-order valence-corrected chi connectivity index (χ1v) is 8.56. The Morgan fingerprint density at radius 1 is 0.957 bits per heavy atom. The number of hydrogen-bond donors (Lipinski definition) is 2. The van der Waals surface area contributed by atoms with E-state index in [4.69, 9.17) is 10.5 Å². The minimum absolute atomic E-state index is 0.422. The van der Waals surface area contributed by atoms with Crippen molar-refractivity contribution in [1.82, 2.24) is 5.32 Å². The average molecular weight is 308 g/mol. The maximum absolute atomic E-state index is 5.85. The van der Waals surface area contributed by atoms with E-state index in [1.54, 1.807) is 0 Å². The molecule has 2 aromatic rings. The highest BCUT2D eigenvalue weighted by molar-refractivity contribution is 5.34. The zero-order valence-electron chi connectivity index (χ0n) is 13.3. The summed E-state index contributed by atoms with van der Waals surface area (Å²) in [4.78, 5) is 0. The lowest BCUT2D eigenvalue weighted by molar-refractivity contribution is 0.289. The number of nitrogens with two attached hydrogens (primary N) is 1. The molecule has 4 rings (SSSR count). The molecule has 0 aromatic heterocycles. The van der Waals surface area contributed by atoms with Crippen LogP contribution in [0.4, 0.5) is 0 Å². The molecule has 2 aromatic carbocycles. The van der Waals surface area contributed by atoms with E-state index in [-0.39, 0.29) is 0 Å². The standard InChI is InChI=1S/C20H24N2O/c21-16-10-17(11-16)22-20-12-19(20)15-6-8-18(9-7-15)23-13-14-4-2-1-3-5-14/h1-9,16-17,19-20,22H,10-13,21H2/t16?,17?,19?,20-/m0/s1. The number of benzene rings is 2. The van der Waals surface area contributed by atoms with Crippen molar-refractivity contribution in [3.8, 4) is 5.75 Å². The smallest absolute Gasteiger partial charge is 0.119 e. The minimum atomic E-state index is 0.422. The topological polar surface area (TPSA) is 47.3 Å². The van der Waals surface area contributed by atoms with Crippen molar-refractivity contribution >= 4 is 0 Å². The van der Waals surface area contributed by atoms with E-state index < -0.39 is 0 Å². The zero-order valence-corrected chi connectivity index (χ0v) is 13.3. The van der Waals surface area contributed by atoms with Crippen LogP contribution in [0.2, 0.25) is 0 Å². The summed E-state index contributed by atoms with van der Waals surface area (Å²) in [6.45, 7) is 0.621. The molecule has 0 spiro atoms. The van der Waals surface area contributed by atoms with Gasteiger partial charge in [0.05, 0.1) is 0 Å². The van der Waals surface area contributed by atoms with Crippen LogP contribution >= 0.6 is 0 Å². The summed E-state index contributed by atoms with van der Waals surface area (Å²) in [5.41, 5.74) is 8.46. The van der Waals surface area contributed by atoms with Crippen molar-refractivity contribution in [2.45, 2.75) is 49.9 Å². The maximum atomic E-state index is 5.85. The third kappa shape index (κ3) is 3.57. The molecule has 1 unspecified atom stereocenters. The lowest BCUT2D eigenvalue weighted by atomic mass is 9.87. The Morgan fingerprint density at radius 2 is 1.70 bits per heavy atom. The molecule has 2 saturated carbocycles. The van der Waals surface area contributed by atoms with E-state index in [2.05, 4.69) is 41.7 Å². The van der Waals surface area contributed by atoms with Crippen LogP contribution < -0.4 is 15.8 Å². The molecule has 3 heteroatoms.